The van der Waals surface area contributed by atoms with Crippen LogP contribution in [0.4, 0.5) is 0 Å². The van der Waals surface area contributed by atoms with E-state index < -0.39 is 6.04 Å². The van der Waals surface area contributed by atoms with Gasteiger partial charge in [0.15, 0.2) is 17.6 Å². The van der Waals surface area contributed by atoms with Gasteiger partial charge in [0.2, 0.25) is 11.8 Å². The van der Waals surface area contributed by atoms with E-state index in [4.69, 9.17) is 15.2 Å². The van der Waals surface area contributed by atoms with Gasteiger partial charge < -0.3 is 25.4 Å². The molecule has 0 aliphatic carbocycles. The SMILES string of the molecule is CC(C)[C@H](N)C(=O)NCC(=O)N(C)CC1COc2ccccc2O1.Cl. The van der Waals surface area contributed by atoms with Crippen molar-refractivity contribution in [2.45, 2.75) is 26.0 Å². The van der Waals surface area contributed by atoms with Gasteiger partial charge >= 0.3 is 0 Å². The molecule has 8 heteroatoms. The lowest BCUT2D eigenvalue weighted by molar-refractivity contribution is -0.133. The molecule has 3 N–H and O–H groups in total. The van der Waals surface area contributed by atoms with Crippen molar-refractivity contribution in [2.75, 3.05) is 26.7 Å². The molecule has 25 heavy (non-hydrogen) atoms. The summed E-state index contributed by atoms with van der Waals surface area (Å²) >= 11 is 0. The van der Waals surface area contributed by atoms with Crippen LogP contribution in [0.2, 0.25) is 0 Å². The maximum absolute atomic E-state index is 12.1. The Morgan fingerprint density at radius 2 is 1.96 bits per heavy atom. The molecule has 0 saturated carbocycles. The predicted molar refractivity (Wildman–Crippen MR) is 97.1 cm³/mol. The number of hydrogen-bond donors (Lipinski definition) is 2. The Labute approximate surface area is 154 Å². The van der Waals surface area contributed by atoms with Crippen molar-refractivity contribution in [3.05, 3.63) is 24.3 Å². The minimum atomic E-state index is -0.616. The first-order chi connectivity index (χ1) is 11.4. The number of likely N-dealkylation sites (N-methyl/N-ethyl adjacent to an activating group) is 1. The monoisotopic (exact) mass is 371 g/mol. The topological polar surface area (TPSA) is 93.9 Å². The van der Waals surface area contributed by atoms with Crippen molar-refractivity contribution in [3.8, 4) is 11.5 Å². The number of amides is 2. The largest absolute Gasteiger partial charge is 0.486 e. The van der Waals surface area contributed by atoms with E-state index in [0.717, 1.165) is 0 Å². The average Bonchev–Trinajstić information content (AvgIpc) is 2.58. The maximum atomic E-state index is 12.1. The molecule has 140 valence electrons. The molecule has 2 rings (SSSR count). The molecule has 1 aliphatic rings. The molecule has 0 radical (unpaired) electrons. The Morgan fingerprint density at radius 1 is 1.32 bits per heavy atom. The predicted octanol–water partition coefficient (Wildman–Crippen LogP) is 0.806. The smallest absolute Gasteiger partial charge is 0.241 e. The van der Waals surface area contributed by atoms with Crippen LogP contribution in [0.1, 0.15) is 13.8 Å². The van der Waals surface area contributed by atoms with Crippen LogP contribution in [0.5, 0.6) is 11.5 Å². The molecule has 2 amide bonds. The molecule has 1 aromatic rings. The van der Waals surface area contributed by atoms with Crippen molar-refractivity contribution in [1.29, 1.82) is 0 Å². The molecule has 1 aromatic carbocycles. The van der Waals surface area contributed by atoms with Gasteiger partial charge in [0.1, 0.15) is 6.61 Å². The first kappa shape index (κ1) is 21.1. The average molecular weight is 372 g/mol. The van der Waals surface area contributed by atoms with E-state index in [1.54, 1.807) is 7.05 Å². The Hall–Kier alpha value is -1.99. The second kappa shape index (κ2) is 9.48. The molecule has 1 heterocycles. The van der Waals surface area contributed by atoms with E-state index in [2.05, 4.69) is 5.32 Å². The zero-order valence-corrected chi connectivity index (χ0v) is 15.5. The number of hydrogen-bond acceptors (Lipinski definition) is 5. The standard InChI is InChI=1S/C17H25N3O4.ClH/c1-11(2)16(18)17(22)19-8-15(21)20(3)9-12-10-23-13-6-4-5-7-14(13)24-12;/h4-7,11-12,16H,8-10,18H2,1-3H3,(H,19,22);1H/t12?,16-;/m0./s1. The third-order valence-electron chi connectivity index (χ3n) is 3.91. The van der Waals surface area contributed by atoms with E-state index in [9.17, 15) is 9.59 Å². The van der Waals surface area contributed by atoms with Gasteiger partial charge in [0.25, 0.3) is 0 Å². The van der Waals surface area contributed by atoms with E-state index in [0.29, 0.717) is 24.7 Å². The normalized spacial score (nSPS) is 16.6. The van der Waals surface area contributed by atoms with Crippen LogP contribution in [0, 0.1) is 5.92 Å². The van der Waals surface area contributed by atoms with Crippen molar-refractivity contribution in [3.63, 3.8) is 0 Å². The molecule has 7 nitrogen and oxygen atoms in total. The highest BCUT2D eigenvalue weighted by atomic mass is 35.5. The number of fused-ring (bicyclic) bond motifs is 1. The second-order valence-electron chi connectivity index (χ2n) is 6.26. The van der Waals surface area contributed by atoms with Gasteiger partial charge in [0.05, 0.1) is 19.1 Å². The summed E-state index contributed by atoms with van der Waals surface area (Å²) in [5.74, 6) is 0.869. The lowest BCUT2D eigenvalue weighted by atomic mass is 10.1. The Morgan fingerprint density at radius 3 is 2.60 bits per heavy atom. The van der Waals surface area contributed by atoms with Gasteiger partial charge in [-0.3, -0.25) is 9.59 Å². The van der Waals surface area contributed by atoms with Gasteiger partial charge in [-0.15, -0.1) is 12.4 Å². The summed E-state index contributed by atoms with van der Waals surface area (Å²) in [7, 11) is 1.67. The van der Waals surface area contributed by atoms with Crippen LogP contribution in [0.3, 0.4) is 0 Å². The zero-order valence-electron chi connectivity index (χ0n) is 14.7. The summed E-state index contributed by atoms with van der Waals surface area (Å²) in [5, 5.41) is 2.57. The molecule has 0 saturated heterocycles. The molecular formula is C17H26ClN3O4. The molecule has 0 fully saturated rings. The first-order valence-electron chi connectivity index (χ1n) is 8.04. The molecular weight excluding hydrogens is 346 g/mol. The fourth-order valence-electron chi connectivity index (χ4n) is 2.28. The molecule has 0 spiro atoms. The molecule has 0 bridgehead atoms. The first-order valence-corrected chi connectivity index (χ1v) is 8.04. The summed E-state index contributed by atoms with van der Waals surface area (Å²) in [6.45, 7) is 4.38. The number of halogens is 1. The second-order valence-corrected chi connectivity index (χ2v) is 6.26. The lowest BCUT2D eigenvalue weighted by Crippen LogP contribution is -2.49. The van der Waals surface area contributed by atoms with Crippen LogP contribution >= 0.6 is 12.4 Å². The number of ether oxygens (including phenoxy) is 2. The summed E-state index contributed by atoms with van der Waals surface area (Å²) in [4.78, 5) is 25.4. The fourth-order valence-corrected chi connectivity index (χ4v) is 2.28. The number of benzene rings is 1. The molecule has 0 aromatic heterocycles. The van der Waals surface area contributed by atoms with E-state index in [1.165, 1.54) is 4.90 Å². The van der Waals surface area contributed by atoms with E-state index in [1.807, 2.05) is 38.1 Å². The fraction of sp³-hybridized carbons (Fsp3) is 0.529. The minimum absolute atomic E-state index is 0. The van der Waals surface area contributed by atoms with Gasteiger partial charge in [-0.1, -0.05) is 26.0 Å². The van der Waals surface area contributed by atoms with Crippen LogP contribution in [0.25, 0.3) is 0 Å². The minimum Gasteiger partial charge on any atom is -0.486 e. The molecule has 2 atom stereocenters. The van der Waals surface area contributed by atoms with Crippen molar-refractivity contribution in [2.24, 2.45) is 11.7 Å². The number of nitrogens with one attached hydrogen (secondary N) is 1. The van der Waals surface area contributed by atoms with Gasteiger partial charge in [-0.2, -0.15) is 0 Å². The maximum Gasteiger partial charge on any atom is 0.241 e. The number of para-hydroxylation sites is 2. The third kappa shape index (κ3) is 5.79. The summed E-state index contributed by atoms with van der Waals surface area (Å²) in [6, 6.07) is 6.80. The lowest BCUT2D eigenvalue weighted by Gasteiger charge is -2.29. The Balaban J connectivity index is 0.00000312. The van der Waals surface area contributed by atoms with Crippen molar-refractivity contribution < 1.29 is 19.1 Å². The number of nitrogens with two attached hydrogens (primary N) is 1. The number of carbonyl (C=O) groups is 2. The van der Waals surface area contributed by atoms with Crippen LogP contribution in [0.15, 0.2) is 24.3 Å². The van der Waals surface area contributed by atoms with Crippen molar-refractivity contribution in [1.82, 2.24) is 10.2 Å². The van der Waals surface area contributed by atoms with Crippen LogP contribution in [-0.4, -0.2) is 55.6 Å². The Kier molecular flexibility index (Phi) is 7.99. The van der Waals surface area contributed by atoms with Gasteiger partial charge in [-0.05, 0) is 18.1 Å². The summed E-state index contributed by atoms with van der Waals surface area (Å²) in [5.41, 5.74) is 5.74. The third-order valence-corrected chi connectivity index (χ3v) is 3.91. The van der Waals surface area contributed by atoms with E-state index in [-0.39, 0.29) is 42.8 Å². The Bertz CT molecular complexity index is 597. The zero-order chi connectivity index (χ0) is 17.7. The number of nitrogens with zero attached hydrogens (tertiary/aromatic N) is 1. The summed E-state index contributed by atoms with van der Waals surface area (Å²) < 4.78 is 11.4. The highest BCUT2D eigenvalue weighted by Gasteiger charge is 2.24. The van der Waals surface area contributed by atoms with E-state index >= 15 is 0 Å². The van der Waals surface area contributed by atoms with Gasteiger partial charge in [0, 0.05) is 7.05 Å². The van der Waals surface area contributed by atoms with Crippen LogP contribution < -0.4 is 20.5 Å². The number of rotatable bonds is 6. The van der Waals surface area contributed by atoms with Crippen LogP contribution in [-0.2, 0) is 9.59 Å². The molecule has 1 unspecified atom stereocenters. The number of carbonyl (C=O) groups excluding carboxylic acids is 2. The quantitative estimate of drug-likeness (QED) is 0.771. The highest BCUT2D eigenvalue weighted by Crippen LogP contribution is 2.30. The van der Waals surface area contributed by atoms with Gasteiger partial charge in [-0.25, -0.2) is 0 Å². The summed E-state index contributed by atoms with van der Waals surface area (Å²) in [6.07, 6.45) is -0.248. The highest BCUT2D eigenvalue weighted by molar-refractivity contribution is 5.87. The van der Waals surface area contributed by atoms with Crippen molar-refractivity contribution >= 4 is 24.2 Å². The molecule has 1 aliphatic heterocycles.